The van der Waals surface area contributed by atoms with Crippen molar-refractivity contribution < 1.29 is 4.39 Å². The summed E-state index contributed by atoms with van der Waals surface area (Å²) < 4.78 is 16.4. The first kappa shape index (κ1) is 15.0. The average Bonchev–Trinajstić information content (AvgIpc) is 2.72. The number of nitrogens with zero attached hydrogens (tertiary/aromatic N) is 2. The summed E-state index contributed by atoms with van der Waals surface area (Å²) in [7, 11) is 1.90. The van der Waals surface area contributed by atoms with Crippen molar-refractivity contribution in [3.05, 3.63) is 45.9 Å². The molecule has 1 aromatic heterocycles. The standard InChI is InChI=1S/C15H19BrFN3/c1-15(2,3)14-10(9-20(4)19-14)8-18-13-7-11(16)5-6-12(13)17/h5-7,9,18H,8H2,1-4H3. The van der Waals surface area contributed by atoms with Crippen LogP contribution in [0.25, 0.3) is 0 Å². The number of hydrogen-bond acceptors (Lipinski definition) is 2. The van der Waals surface area contributed by atoms with Crippen molar-refractivity contribution in [2.75, 3.05) is 5.32 Å². The zero-order valence-corrected chi connectivity index (χ0v) is 13.8. The van der Waals surface area contributed by atoms with Gasteiger partial charge in [0, 0.05) is 35.2 Å². The molecular weight excluding hydrogens is 321 g/mol. The summed E-state index contributed by atoms with van der Waals surface area (Å²) in [5.41, 5.74) is 2.57. The van der Waals surface area contributed by atoms with Gasteiger partial charge in [-0.1, -0.05) is 36.7 Å². The Labute approximate surface area is 127 Å². The molecule has 0 radical (unpaired) electrons. The van der Waals surface area contributed by atoms with Crippen LogP contribution >= 0.6 is 15.9 Å². The summed E-state index contributed by atoms with van der Waals surface area (Å²) >= 11 is 3.35. The molecule has 0 saturated carbocycles. The zero-order valence-electron chi connectivity index (χ0n) is 12.2. The summed E-state index contributed by atoms with van der Waals surface area (Å²) in [6.45, 7) is 6.92. The van der Waals surface area contributed by atoms with Crippen molar-refractivity contribution in [2.45, 2.75) is 32.7 Å². The first-order valence-electron chi connectivity index (χ1n) is 6.49. The molecule has 0 amide bonds. The van der Waals surface area contributed by atoms with Crippen molar-refractivity contribution in [3.8, 4) is 0 Å². The van der Waals surface area contributed by atoms with Crippen molar-refractivity contribution in [3.63, 3.8) is 0 Å². The molecule has 108 valence electrons. The van der Waals surface area contributed by atoms with E-state index in [-0.39, 0.29) is 11.2 Å². The molecule has 20 heavy (non-hydrogen) atoms. The Balaban J connectivity index is 2.21. The molecule has 0 bridgehead atoms. The van der Waals surface area contributed by atoms with Gasteiger partial charge < -0.3 is 5.32 Å². The van der Waals surface area contributed by atoms with Gasteiger partial charge in [0.2, 0.25) is 0 Å². The van der Waals surface area contributed by atoms with Crippen molar-refractivity contribution in [2.24, 2.45) is 7.05 Å². The van der Waals surface area contributed by atoms with E-state index in [0.29, 0.717) is 12.2 Å². The highest BCUT2D eigenvalue weighted by molar-refractivity contribution is 9.10. The van der Waals surface area contributed by atoms with Gasteiger partial charge in [0.1, 0.15) is 5.82 Å². The maximum Gasteiger partial charge on any atom is 0.146 e. The molecule has 0 aliphatic rings. The largest absolute Gasteiger partial charge is 0.378 e. The first-order chi connectivity index (χ1) is 9.27. The SMILES string of the molecule is Cn1cc(CNc2cc(Br)ccc2F)c(C(C)(C)C)n1. The monoisotopic (exact) mass is 339 g/mol. The van der Waals surface area contributed by atoms with Gasteiger partial charge in [-0.15, -0.1) is 0 Å². The van der Waals surface area contributed by atoms with Crippen LogP contribution in [0, 0.1) is 5.82 Å². The molecule has 0 aliphatic carbocycles. The molecule has 0 aliphatic heterocycles. The molecule has 1 N–H and O–H groups in total. The minimum absolute atomic E-state index is 0.0336. The highest BCUT2D eigenvalue weighted by atomic mass is 79.9. The fourth-order valence-electron chi connectivity index (χ4n) is 2.12. The Hall–Kier alpha value is -1.36. The highest BCUT2D eigenvalue weighted by Crippen LogP contribution is 2.26. The smallest absolute Gasteiger partial charge is 0.146 e. The summed E-state index contributed by atoms with van der Waals surface area (Å²) in [4.78, 5) is 0. The molecular formula is C15H19BrFN3. The summed E-state index contributed by atoms with van der Waals surface area (Å²) in [6, 6.07) is 4.87. The Morgan fingerprint density at radius 2 is 2.05 bits per heavy atom. The minimum atomic E-state index is -0.255. The number of anilines is 1. The third-order valence-electron chi connectivity index (χ3n) is 3.01. The number of aryl methyl sites for hydroxylation is 1. The lowest BCUT2D eigenvalue weighted by Crippen LogP contribution is -2.16. The predicted molar refractivity (Wildman–Crippen MR) is 83.3 cm³/mol. The summed E-state index contributed by atoms with van der Waals surface area (Å²) in [5.74, 6) is -0.255. The van der Waals surface area contributed by atoms with Gasteiger partial charge in [-0.2, -0.15) is 5.10 Å². The van der Waals surface area contributed by atoms with Crippen LogP contribution in [-0.2, 0) is 19.0 Å². The molecule has 1 aromatic carbocycles. The quantitative estimate of drug-likeness (QED) is 0.906. The van der Waals surface area contributed by atoms with E-state index in [4.69, 9.17) is 0 Å². The van der Waals surface area contributed by atoms with Crippen molar-refractivity contribution >= 4 is 21.6 Å². The summed E-state index contributed by atoms with van der Waals surface area (Å²) in [6.07, 6.45) is 1.98. The van der Waals surface area contributed by atoms with Gasteiger partial charge in [-0.25, -0.2) is 4.39 Å². The summed E-state index contributed by atoms with van der Waals surface area (Å²) in [5, 5.41) is 7.65. The molecule has 1 heterocycles. The number of benzene rings is 1. The van der Waals surface area contributed by atoms with E-state index < -0.39 is 0 Å². The molecule has 0 spiro atoms. The van der Waals surface area contributed by atoms with Gasteiger partial charge in [0.25, 0.3) is 0 Å². The van der Waals surface area contributed by atoms with Crippen LogP contribution in [0.15, 0.2) is 28.9 Å². The van der Waals surface area contributed by atoms with Crippen molar-refractivity contribution in [1.82, 2.24) is 9.78 Å². The van der Waals surface area contributed by atoms with Gasteiger partial charge in [-0.3, -0.25) is 4.68 Å². The van der Waals surface area contributed by atoms with Crippen LogP contribution < -0.4 is 5.32 Å². The minimum Gasteiger partial charge on any atom is -0.378 e. The molecule has 3 nitrogen and oxygen atoms in total. The fraction of sp³-hybridized carbons (Fsp3) is 0.400. The Kier molecular flexibility index (Phi) is 4.18. The third-order valence-corrected chi connectivity index (χ3v) is 3.51. The van der Waals surface area contributed by atoms with E-state index in [1.54, 1.807) is 16.8 Å². The second kappa shape index (κ2) is 5.56. The molecule has 0 fully saturated rings. The fourth-order valence-corrected chi connectivity index (χ4v) is 2.48. The van der Waals surface area contributed by atoms with Gasteiger partial charge in [0.15, 0.2) is 0 Å². The predicted octanol–water partition coefficient (Wildman–Crippen LogP) is 4.23. The number of halogens is 2. The molecule has 2 aromatic rings. The van der Waals surface area contributed by atoms with Crippen LogP contribution in [0.4, 0.5) is 10.1 Å². The van der Waals surface area contributed by atoms with Crippen LogP contribution in [0.1, 0.15) is 32.0 Å². The molecule has 0 saturated heterocycles. The average molecular weight is 340 g/mol. The van der Waals surface area contributed by atoms with E-state index in [1.807, 2.05) is 13.2 Å². The maximum atomic E-state index is 13.7. The third kappa shape index (κ3) is 3.39. The van der Waals surface area contributed by atoms with E-state index >= 15 is 0 Å². The Bertz CT molecular complexity index is 614. The number of aromatic nitrogens is 2. The molecule has 0 atom stereocenters. The highest BCUT2D eigenvalue weighted by Gasteiger charge is 2.21. The topological polar surface area (TPSA) is 29.9 Å². The lowest BCUT2D eigenvalue weighted by molar-refractivity contribution is 0.549. The zero-order chi connectivity index (χ0) is 14.9. The van der Waals surface area contributed by atoms with Gasteiger partial charge in [0.05, 0.1) is 11.4 Å². The van der Waals surface area contributed by atoms with Crippen LogP contribution in [0.5, 0.6) is 0 Å². The van der Waals surface area contributed by atoms with E-state index in [2.05, 4.69) is 47.1 Å². The normalized spacial score (nSPS) is 11.7. The first-order valence-corrected chi connectivity index (χ1v) is 7.28. The van der Waals surface area contributed by atoms with E-state index in [9.17, 15) is 4.39 Å². The Morgan fingerprint density at radius 3 is 2.70 bits per heavy atom. The van der Waals surface area contributed by atoms with Crippen LogP contribution in [0.3, 0.4) is 0 Å². The van der Waals surface area contributed by atoms with E-state index in [1.165, 1.54) is 6.07 Å². The van der Waals surface area contributed by atoms with E-state index in [0.717, 1.165) is 15.7 Å². The number of rotatable bonds is 3. The lowest BCUT2D eigenvalue weighted by Gasteiger charge is -2.18. The van der Waals surface area contributed by atoms with Crippen LogP contribution in [0.2, 0.25) is 0 Å². The molecule has 2 rings (SSSR count). The number of hydrogen-bond donors (Lipinski definition) is 1. The Morgan fingerprint density at radius 1 is 1.35 bits per heavy atom. The van der Waals surface area contributed by atoms with Crippen molar-refractivity contribution in [1.29, 1.82) is 0 Å². The van der Waals surface area contributed by atoms with Crippen LogP contribution in [-0.4, -0.2) is 9.78 Å². The number of nitrogens with one attached hydrogen (secondary N) is 1. The molecule has 0 unspecified atom stereocenters. The van der Waals surface area contributed by atoms with Gasteiger partial charge >= 0.3 is 0 Å². The lowest BCUT2D eigenvalue weighted by atomic mass is 9.89. The second-order valence-electron chi connectivity index (χ2n) is 5.90. The second-order valence-corrected chi connectivity index (χ2v) is 6.82. The van der Waals surface area contributed by atoms with Gasteiger partial charge in [-0.05, 0) is 18.2 Å². The molecule has 5 heteroatoms. The maximum absolute atomic E-state index is 13.7.